The maximum Gasteiger partial charge on any atom is 0.290 e. The molecule has 0 spiro atoms. The van der Waals surface area contributed by atoms with Gasteiger partial charge >= 0.3 is 0 Å². The predicted octanol–water partition coefficient (Wildman–Crippen LogP) is 3.74. The molecule has 1 aromatic carbocycles. The molecule has 198 valence electrons. The number of carboxylic acid groups (broad SMARTS) is 1. The van der Waals surface area contributed by atoms with E-state index in [-0.39, 0.29) is 41.3 Å². The quantitative estimate of drug-likeness (QED) is 0.355. The van der Waals surface area contributed by atoms with E-state index in [1.165, 1.54) is 18.2 Å². The molecule has 4 N–H and O–H groups in total. The zero-order valence-corrected chi connectivity index (χ0v) is 21.6. The van der Waals surface area contributed by atoms with Crippen molar-refractivity contribution in [2.75, 3.05) is 12.4 Å². The van der Waals surface area contributed by atoms with Crippen LogP contribution in [0.15, 0.2) is 30.6 Å². The van der Waals surface area contributed by atoms with Gasteiger partial charge in [-0.3, -0.25) is 14.4 Å². The van der Waals surface area contributed by atoms with Gasteiger partial charge in [0.25, 0.3) is 12.4 Å². The Labute approximate surface area is 218 Å². The molecule has 2 amide bonds. The minimum Gasteiger partial charge on any atom is -0.483 e. The van der Waals surface area contributed by atoms with Gasteiger partial charge in [0.15, 0.2) is 5.65 Å². The molecule has 1 saturated carbocycles. The number of rotatable bonds is 6. The summed E-state index contributed by atoms with van der Waals surface area (Å²) in [4.78, 5) is 38.4. The normalized spacial score (nSPS) is 17.9. The molecule has 37 heavy (non-hydrogen) atoms. The lowest BCUT2D eigenvalue weighted by molar-refractivity contribution is -0.123. The molecule has 12 heteroatoms. The summed E-state index contributed by atoms with van der Waals surface area (Å²) in [5, 5.41) is 20.5. The lowest BCUT2D eigenvalue weighted by atomic mass is 9.85. The van der Waals surface area contributed by atoms with Crippen molar-refractivity contribution in [3.63, 3.8) is 0 Å². The summed E-state index contributed by atoms with van der Waals surface area (Å²) < 4.78 is 14.9. The highest BCUT2D eigenvalue weighted by molar-refractivity contribution is 6.33. The van der Waals surface area contributed by atoms with Crippen molar-refractivity contribution in [1.82, 2.24) is 25.2 Å². The first-order chi connectivity index (χ1) is 17.7. The molecule has 0 bridgehead atoms. The molecular formula is C25H30ClFN6O4. The van der Waals surface area contributed by atoms with Crippen molar-refractivity contribution >= 4 is 41.2 Å². The summed E-state index contributed by atoms with van der Waals surface area (Å²) in [6.45, 7) is 3.75. The lowest BCUT2D eigenvalue weighted by Gasteiger charge is -2.28. The summed E-state index contributed by atoms with van der Waals surface area (Å²) >= 11 is 6.01. The number of nitrogens with one attached hydrogen (secondary N) is 3. The summed E-state index contributed by atoms with van der Waals surface area (Å²) in [7, 11) is 1.88. The summed E-state index contributed by atoms with van der Waals surface area (Å²) in [5.74, 6) is -1.01. The number of halogens is 2. The summed E-state index contributed by atoms with van der Waals surface area (Å²) in [6, 6.07) is 3.96. The Morgan fingerprint density at radius 1 is 1.24 bits per heavy atom. The Bertz CT molecular complexity index is 1280. The van der Waals surface area contributed by atoms with Crippen LogP contribution in [-0.2, 0) is 9.59 Å². The second-order valence-electron chi connectivity index (χ2n) is 8.84. The van der Waals surface area contributed by atoms with E-state index in [0.717, 1.165) is 11.3 Å². The van der Waals surface area contributed by atoms with Crippen LogP contribution in [0.4, 0.5) is 10.1 Å². The molecular weight excluding hydrogens is 503 g/mol. The van der Waals surface area contributed by atoms with Crippen LogP contribution in [-0.4, -0.2) is 51.1 Å². The van der Waals surface area contributed by atoms with Gasteiger partial charge in [-0.25, -0.2) is 13.9 Å². The largest absolute Gasteiger partial charge is 0.483 e. The first kappa shape index (κ1) is 28.0. The molecule has 0 aliphatic heterocycles. The second-order valence-corrected chi connectivity index (χ2v) is 9.25. The fourth-order valence-corrected chi connectivity index (χ4v) is 4.60. The minimum atomic E-state index is -0.455. The minimum absolute atomic E-state index is 0.0365. The standard InChI is InChI=1S/C24H28ClFN6O2.CH2O2/c1-13(27-3)18-11-28-22-19(12-29-32(22)14(18)2)24(34)30-17-7-4-15(5-8-17)23(33)31-21-9-6-16(26)10-20(21)25;2-1-3/h6,9-13,15,17,27H,4-5,7-8H2,1-3H3,(H,30,34)(H,31,33);1H,(H,2,3)/t13?,15-,17-;. The van der Waals surface area contributed by atoms with Crippen molar-refractivity contribution in [1.29, 1.82) is 0 Å². The molecule has 2 heterocycles. The van der Waals surface area contributed by atoms with E-state index in [1.54, 1.807) is 16.9 Å². The SMILES string of the molecule is CNC(C)c1cnc2c(C(=O)N[C@H]3CC[C@H](C(=O)Nc4ccc(F)cc4Cl)CC3)cnn2c1C.O=CO. The number of aromatic nitrogens is 3. The Hall–Kier alpha value is -3.57. The molecule has 1 unspecified atom stereocenters. The fourth-order valence-electron chi connectivity index (χ4n) is 4.39. The van der Waals surface area contributed by atoms with E-state index in [0.29, 0.717) is 42.6 Å². The number of aryl methyl sites for hydroxylation is 1. The van der Waals surface area contributed by atoms with Gasteiger partial charge in [0.1, 0.15) is 11.4 Å². The van der Waals surface area contributed by atoms with Gasteiger partial charge in [0.05, 0.1) is 16.9 Å². The van der Waals surface area contributed by atoms with Crippen molar-refractivity contribution < 1.29 is 23.9 Å². The summed E-state index contributed by atoms with van der Waals surface area (Å²) in [6.07, 6.45) is 5.94. The maximum atomic E-state index is 13.2. The van der Waals surface area contributed by atoms with E-state index in [9.17, 15) is 14.0 Å². The molecule has 2 aromatic heterocycles. The fraction of sp³-hybridized carbons (Fsp3) is 0.400. The number of benzene rings is 1. The Balaban J connectivity index is 0.00000121. The molecule has 3 aromatic rings. The van der Waals surface area contributed by atoms with Crippen LogP contribution < -0.4 is 16.0 Å². The van der Waals surface area contributed by atoms with Crippen LogP contribution >= 0.6 is 11.6 Å². The van der Waals surface area contributed by atoms with E-state index < -0.39 is 5.82 Å². The second kappa shape index (κ2) is 12.6. The Morgan fingerprint density at radius 2 is 1.92 bits per heavy atom. The zero-order valence-electron chi connectivity index (χ0n) is 20.8. The van der Waals surface area contributed by atoms with Crippen LogP contribution in [0.1, 0.15) is 60.3 Å². The average Bonchev–Trinajstić information content (AvgIpc) is 3.32. The van der Waals surface area contributed by atoms with E-state index in [4.69, 9.17) is 21.5 Å². The van der Waals surface area contributed by atoms with Crippen molar-refractivity contribution in [2.24, 2.45) is 5.92 Å². The predicted molar refractivity (Wildman–Crippen MR) is 137 cm³/mol. The first-order valence-electron chi connectivity index (χ1n) is 11.8. The maximum absolute atomic E-state index is 13.2. The monoisotopic (exact) mass is 532 g/mol. The highest BCUT2D eigenvalue weighted by atomic mass is 35.5. The van der Waals surface area contributed by atoms with Crippen molar-refractivity contribution in [3.05, 3.63) is 58.3 Å². The van der Waals surface area contributed by atoms with Gasteiger partial charge in [0, 0.05) is 35.5 Å². The van der Waals surface area contributed by atoms with Crippen molar-refractivity contribution in [3.8, 4) is 0 Å². The third kappa shape index (κ3) is 6.60. The van der Waals surface area contributed by atoms with Gasteiger partial charge in [-0.2, -0.15) is 5.10 Å². The number of fused-ring (bicyclic) bond motifs is 1. The van der Waals surface area contributed by atoms with E-state index >= 15 is 0 Å². The van der Waals surface area contributed by atoms with Crippen LogP contribution in [0.3, 0.4) is 0 Å². The van der Waals surface area contributed by atoms with Crippen LogP contribution in [0.5, 0.6) is 0 Å². The number of nitrogens with zero attached hydrogens (tertiary/aromatic N) is 3. The van der Waals surface area contributed by atoms with Crippen LogP contribution in [0, 0.1) is 18.7 Å². The number of amides is 2. The molecule has 1 aliphatic rings. The average molecular weight is 533 g/mol. The number of hydrogen-bond donors (Lipinski definition) is 4. The number of carbonyl (C=O) groups is 3. The Kier molecular flexibility index (Phi) is 9.54. The molecule has 4 rings (SSSR count). The molecule has 1 atom stereocenters. The number of carbonyl (C=O) groups excluding carboxylic acids is 2. The van der Waals surface area contributed by atoms with Gasteiger partial charge in [-0.15, -0.1) is 0 Å². The highest BCUT2D eigenvalue weighted by Crippen LogP contribution is 2.28. The van der Waals surface area contributed by atoms with Crippen LogP contribution in [0.2, 0.25) is 5.02 Å². The van der Waals surface area contributed by atoms with E-state index in [1.807, 2.05) is 20.9 Å². The van der Waals surface area contributed by atoms with Crippen LogP contribution in [0.25, 0.3) is 5.65 Å². The third-order valence-electron chi connectivity index (χ3n) is 6.57. The lowest BCUT2D eigenvalue weighted by Crippen LogP contribution is -2.39. The third-order valence-corrected chi connectivity index (χ3v) is 6.88. The highest BCUT2D eigenvalue weighted by Gasteiger charge is 2.28. The Morgan fingerprint density at radius 3 is 2.54 bits per heavy atom. The van der Waals surface area contributed by atoms with Gasteiger partial charge in [-0.1, -0.05) is 11.6 Å². The van der Waals surface area contributed by atoms with Gasteiger partial charge < -0.3 is 21.1 Å². The molecule has 10 nitrogen and oxygen atoms in total. The van der Waals surface area contributed by atoms with Gasteiger partial charge in [-0.05, 0) is 64.8 Å². The molecule has 0 saturated heterocycles. The number of hydrogen-bond acceptors (Lipinski definition) is 6. The summed E-state index contributed by atoms with van der Waals surface area (Å²) in [5.41, 5.74) is 3.29. The molecule has 0 radical (unpaired) electrons. The topological polar surface area (TPSA) is 138 Å². The first-order valence-corrected chi connectivity index (χ1v) is 12.2. The number of anilines is 1. The molecule has 1 fully saturated rings. The smallest absolute Gasteiger partial charge is 0.290 e. The zero-order chi connectivity index (χ0) is 27.1. The van der Waals surface area contributed by atoms with Crippen molar-refractivity contribution in [2.45, 2.75) is 51.6 Å². The van der Waals surface area contributed by atoms with Gasteiger partial charge in [0.2, 0.25) is 5.91 Å². The molecule has 1 aliphatic carbocycles. The van der Waals surface area contributed by atoms with E-state index in [2.05, 4.69) is 26.0 Å².